The fourth-order valence-electron chi connectivity index (χ4n) is 2.74. The van der Waals surface area contributed by atoms with E-state index >= 15 is 0 Å². The molecule has 0 spiro atoms. The summed E-state index contributed by atoms with van der Waals surface area (Å²) in [4.78, 5) is 32.2. The number of nitrogens with two attached hydrogens (primary N) is 1. The number of H-pyrrole nitrogens is 2. The van der Waals surface area contributed by atoms with Crippen LogP contribution >= 0.6 is 0 Å². The van der Waals surface area contributed by atoms with Gasteiger partial charge in [0, 0.05) is 36.0 Å². The van der Waals surface area contributed by atoms with Gasteiger partial charge in [0.05, 0.1) is 11.0 Å². The quantitative estimate of drug-likeness (QED) is 0.664. The van der Waals surface area contributed by atoms with Crippen molar-refractivity contribution in [3.8, 4) is 0 Å². The maximum absolute atomic E-state index is 12.1. The first-order valence-electron chi connectivity index (χ1n) is 6.83. The number of nitrogens with zero attached hydrogens (tertiary/aromatic N) is 2. The zero-order chi connectivity index (χ0) is 15.7. The maximum atomic E-state index is 12.1. The van der Waals surface area contributed by atoms with Crippen LogP contribution in [-0.2, 0) is 4.79 Å². The molecule has 0 aliphatic carbocycles. The number of nitrogens with one attached hydrogen (secondary N) is 2. The molecule has 0 radical (unpaired) electrons. The number of rotatable bonds is 4. The highest BCUT2D eigenvalue weighted by Crippen LogP contribution is 2.31. The van der Waals surface area contributed by atoms with Gasteiger partial charge in [0.25, 0.3) is 5.56 Å². The Balaban J connectivity index is 2.25. The third-order valence-electron chi connectivity index (χ3n) is 3.67. The Morgan fingerprint density at radius 1 is 1.27 bits per heavy atom. The first-order chi connectivity index (χ1) is 10.6. The molecule has 1 unspecified atom stereocenters. The van der Waals surface area contributed by atoms with Crippen molar-refractivity contribution in [2.45, 2.75) is 19.3 Å². The first kappa shape index (κ1) is 14.0. The van der Waals surface area contributed by atoms with Gasteiger partial charge in [-0.2, -0.15) is 0 Å². The number of aromatic amines is 2. The number of carbonyl (C=O) groups is 1. The smallest absolute Gasteiger partial charge is 0.267 e. The summed E-state index contributed by atoms with van der Waals surface area (Å²) in [7, 11) is 0. The number of carbonyl (C=O) groups excluding carboxylic acids is 1. The lowest BCUT2D eigenvalue weighted by atomic mass is 9.87. The number of para-hydroxylation sites is 1. The van der Waals surface area contributed by atoms with Crippen molar-refractivity contribution < 1.29 is 4.79 Å². The molecule has 1 amide bonds. The molecule has 0 fully saturated rings. The van der Waals surface area contributed by atoms with E-state index in [1.54, 1.807) is 19.3 Å². The molecule has 0 aliphatic rings. The predicted octanol–water partition coefficient (Wildman–Crippen LogP) is 0.962. The van der Waals surface area contributed by atoms with Crippen LogP contribution in [0.3, 0.4) is 0 Å². The Bertz CT molecular complexity index is 891. The molecule has 1 aromatic carbocycles. The summed E-state index contributed by atoms with van der Waals surface area (Å²) in [5.41, 5.74) is 8.43. The molecule has 2 aromatic heterocycles. The van der Waals surface area contributed by atoms with Crippen molar-refractivity contribution in [2.75, 3.05) is 0 Å². The fraction of sp³-hybridized carbons (Fsp3) is 0.200. The van der Waals surface area contributed by atoms with Crippen LogP contribution in [0, 0.1) is 6.92 Å². The van der Waals surface area contributed by atoms with Crippen LogP contribution < -0.4 is 11.3 Å². The zero-order valence-electron chi connectivity index (χ0n) is 12.0. The van der Waals surface area contributed by atoms with E-state index in [1.807, 2.05) is 18.2 Å². The molecule has 2 heterocycles. The number of hydrogen-bond donors (Lipinski definition) is 3. The van der Waals surface area contributed by atoms with Gasteiger partial charge in [-0.15, -0.1) is 0 Å². The average Bonchev–Trinajstić information content (AvgIpc) is 2.83. The number of primary amides is 1. The van der Waals surface area contributed by atoms with E-state index in [4.69, 9.17) is 5.73 Å². The minimum Gasteiger partial charge on any atom is -0.370 e. The van der Waals surface area contributed by atoms with Crippen LogP contribution in [0.1, 0.15) is 29.2 Å². The summed E-state index contributed by atoms with van der Waals surface area (Å²) in [6, 6.07) is 5.51. The summed E-state index contributed by atoms with van der Waals surface area (Å²) in [5, 5.41) is 5.32. The lowest BCUT2D eigenvalue weighted by molar-refractivity contribution is -0.118. The summed E-state index contributed by atoms with van der Waals surface area (Å²) in [5.74, 6) is -0.946. The van der Waals surface area contributed by atoms with Crippen molar-refractivity contribution in [2.24, 2.45) is 5.73 Å². The number of benzene rings is 1. The fourth-order valence-corrected chi connectivity index (χ4v) is 2.74. The Labute approximate surface area is 125 Å². The highest BCUT2D eigenvalue weighted by Gasteiger charge is 2.25. The molecule has 22 heavy (non-hydrogen) atoms. The second kappa shape index (κ2) is 5.44. The van der Waals surface area contributed by atoms with Crippen LogP contribution in [0.2, 0.25) is 0 Å². The van der Waals surface area contributed by atoms with Crippen LogP contribution in [0.15, 0.2) is 35.4 Å². The second-order valence-corrected chi connectivity index (χ2v) is 5.11. The van der Waals surface area contributed by atoms with Gasteiger partial charge in [-0.1, -0.05) is 12.1 Å². The van der Waals surface area contributed by atoms with Crippen molar-refractivity contribution in [1.29, 1.82) is 0 Å². The number of fused-ring (bicyclic) bond motifs is 1. The van der Waals surface area contributed by atoms with Crippen LogP contribution in [-0.4, -0.2) is 26.1 Å². The Hall–Kier alpha value is -2.96. The normalized spacial score (nSPS) is 12.4. The molecule has 3 rings (SSSR count). The van der Waals surface area contributed by atoms with Gasteiger partial charge < -0.3 is 10.8 Å². The summed E-state index contributed by atoms with van der Waals surface area (Å²) < 4.78 is 0. The maximum Gasteiger partial charge on any atom is 0.267 e. The van der Waals surface area contributed by atoms with Crippen molar-refractivity contribution in [3.63, 3.8) is 0 Å². The Morgan fingerprint density at radius 2 is 2.05 bits per heavy atom. The molecule has 0 saturated carbocycles. The number of hydrogen-bond acceptors (Lipinski definition) is 4. The minimum absolute atomic E-state index is 0.0253. The molecule has 112 valence electrons. The second-order valence-electron chi connectivity index (χ2n) is 5.11. The van der Waals surface area contributed by atoms with Gasteiger partial charge in [0.1, 0.15) is 0 Å². The van der Waals surface area contributed by atoms with E-state index in [9.17, 15) is 9.59 Å². The highest BCUT2D eigenvalue weighted by molar-refractivity contribution is 5.81. The molecule has 7 heteroatoms. The van der Waals surface area contributed by atoms with Crippen molar-refractivity contribution in [3.05, 3.63) is 57.8 Å². The van der Waals surface area contributed by atoms with E-state index in [0.717, 1.165) is 5.56 Å². The number of aryl methyl sites for hydroxylation is 1. The van der Waals surface area contributed by atoms with E-state index in [2.05, 4.69) is 20.2 Å². The van der Waals surface area contributed by atoms with Crippen LogP contribution in [0.25, 0.3) is 11.0 Å². The zero-order valence-corrected chi connectivity index (χ0v) is 12.0. The minimum atomic E-state index is -0.481. The van der Waals surface area contributed by atoms with Gasteiger partial charge in [-0.05, 0) is 18.6 Å². The van der Waals surface area contributed by atoms with Crippen molar-refractivity contribution in [1.82, 2.24) is 20.2 Å². The van der Waals surface area contributed by atoms with Crippen molar-refractivity contribution >= 4 is 16.9 Å². The van der Waals surface area contributed by atoms with E-state index < -0.39 is 11.8 Å². The predicted molar refractivity (Wildman–Crippen MR) is 81.3 cm³/mol. The molecule has 0 aliphatic heterocycles. The van der Waals surface area contributed by atoms with Gasteiger partial charge >= 0.3 is 0 Å². The molecule has 0 saturated heterocycles. The first-order valence-corrected chi connectivity index (χ1v) is 6.83. The molecular weight excluding hydrogens is 282 g/mol. The number of aromatic nitrogens is 4. The molecule has 0 bridgehead atoms. The summed E-state index contributed by atoms with van der Waals surface area (Å²) in [6.07, 6.45) is 3.21. The summed E-state index contributed by atoms with van der Waals surface area (Å²) in [6.45, 7) is 1.78. The molecule has 4 N–H and O–H groups in total. The van der Waals surface area contributed by atoms with Crippen LogP contribution in [0.5, 0.6) is 0 Å². The third kappa shape index (κ3) is 2.37. The van der Waals surface area contributed by atoms with Gasteiger partial charge in [-0.3, -0.25) is 24.7 Å². The Kier molecular flexibility index (Phi) is 3.46. The topological polar surface area (TPSA) is 118 Å². The van der Waals surface area contributed by atoms with Gasteiger partial charge in [0.2, 0.25) is 5.91 Å². The SMILES string of the molecule is Cc1[nH][nH]c(=O)c1C(CC(N)=O)c1cccc2nccnc12. The standard InChI is InChI=1S/C15H15N5O2/c1-8-13(15(22)20-19-8)10(7-12(16)21)9-3-2-4-11-14(9)18-6-5-17-11/h2-6,10H,7H2,1H3,(H2,16,21)(H2,19,20,22). The number of amides is 1. The van der Waals surface area contributed by atoms with Gasteiger partial charge in [0.15, 0.2) is 0 Å². The monoisotopic (exact) mass is 297 g/mol. The van der Waals surface area contributed by atoms with E-state index in [-0.39, 0.29) is 12.0 Å². The molecular formula is C15H15N5O2. The molecule has 3 aromatic rings. The summed E-state index contributed by atoms with van der Waals surface area (Å²) >= 11 is 0. The lowest BCUT2D eigenvalue weighted by Gasteiger charge is -2.16. The third-order valence-corrected chi connectivity index (χ3v) is 3.67. The average molecular weight is 297 g/mol. The van der Waals surface area contributed by atoms with E-state index in [0.29, 0.717) is 22.3 Å². The lowest BCUT2D eigenvalue weighted by Crippen LogP contribution is -2.21. The largest absolute Gasteiger partial charge is 0.370 e. The highest BCUT2D eigenvalue weighted by atomic mass is 16.1. The van der Waals surface area contributed by atoms with Gasteiger partial charge in [-0.25, -0.2) is 0 Å². The van der Waals surface area contributed by atoms with E-state index in [1.165, 1.54) is 0 Å². The van der Waals surface area contributed by atoms with Crippen LogP contribution in [0.4, 0.5) is 0 Å². The molecule has 7 nitrogen and oxygen atoms in total. The Morgan fingerprint density at radius 3 is 2.73 bits per heavy atom. The molecule has 1 atom stereocenters.